The minimum Gasteiger partial charge on any atom is -0.496 e. The smallest absolute Gasteiger partial charge is 0.190 e. The number of para-hydroxylation sites is 1. The summed E-state index contributed by atoms with van der Waals surface area (Å²) < 4.78 is 10.9. The van der Waals surface area contributed by atoms with E-state index < -0.39 is 0 Å². The van der Waals surface area contributed by atoms with Crippen LogP contribution in [0, 0.1) is 5.92 Å². The summed E-state index contributed by atoms with van der Waals surface area (Å²) >= 11 is 0. The quantitative estimate of drug-likeness (QED) is 0.395. The molecule has 0 heterocycles. The predicted molar refractivity (Wildman–Crippen MR) is 96.3 cm³/mol. The number of hydrogen-bond donors (Lipinski definition) is 2. The third kappa shape index (κ3) is 8.45. The minimum absolute atomic E-state index is 0.590. The van der Waals surface area contributed by atoms with Gasteiger partial charge in [-0.15, -0.1) is 0 Å². The second-order valence-corrected chi connectivity index (χ2v) is 5.81. The van der Waals surface area contributed by atoms with E-state index in [9.17, 15) is 0 Å². The number of guanidine groups is 1. The second kappa shape index (κ2) is 11.8. The Labute approximate surface area is 140 Å². The molecule has 2 N–H and O–H groups in total. The fourth-order valence-electron chi connectivity index (χ4n) is 2.15. The molecular weight excluding hydrogens is 290 g/mol. The molecule has 0 spiro atoms. The SMILES string of the molecule is CN=C(NCCCOCC(C)C)NCCc1ccccc1OC. The van der Waals surface area contributed by atoms with E-state index in [1.54, 1.807) is 14.2 Å². The number of nitrogens with zero attached hydrogens (tertiary/aromatic N) is 1. The first-order valence-electron chi connectivity index (χ1n) is 8.31. The van der Waals surface area contributed by atoms with Crippen LogP contribution in [0.4, 0.5) is 0 Å². The van der Waals surface area contributed by atoms with Gasteiger partial charge in [0.25, 0.3) is 0 Å². The van der Waals surface area contributed by atoms with Crippen molar-refractivity contribution in [1.82, 2.24) is 10.6 Å². The van der Waals surface area contributed by atoms with Gasteiger partial charge in [0.2, 0.25) is 0 Å². The zero-order chi connectivity index (χ0) is 16.9. The molecule has 0 saturated carbocycles. The monoisotopic (exact) mass is 321 g/mol. The van der Waals surface area contributed by atoms with E-state index in [2.05, 4.69) is 35.5 Å². The number of benzene rings is 1. The zero-order valence-electron chi connectivity index (χ0n) is 14.9. The fraction of sp³-hybridized carbons (Fsp3) is 0.611. The van der Waals surface area contributed by atoms with Gasteiger partial charge < -0.3 is 20.1 Å². The van der Waals surface area contributed by atoms with Crippen molar-refractivity contribution in [2.75, 3.05) is 40.5 Å². The minimum atomic E-state index is 0.590. The normalized spacial score (nSPS) is 11.6. The number of methoxy groups -OCH3 is 1. The Balaban J connectivity index is 2.19. The van der Waals surface area contributed by atoms with Gasteiger partial charge in [0.15, 0.2) is 5.96 Å². The first-order valence-corrected chi connectivity index (χ1v) is 8.31. The first kappa shape index (κ1) is 19.3. The number of aliphatic imine (C=N–C) groups is 1. The molecule has 0 aliphatic carbocycles. The number of nitrogens with one attached hydrogen (secondary N) is 2. The highest BCUT2D eigenvalue weighted by Gasteiger charge is 2.02. The van der Waals surface area contributed by atoms with Crippen LogP contribution in [0.2, 0.25) is 0 Å². The lowest BCUT2D eigenvalue weighted by molar-refractivity contribution is 0.108. The van der Waals surface area contributed by atoms with Gasteiger partial charge in [-0.1, -0.05) is 32.0 Å². The average Bonchev–Trinajstić information content (AvgIpc) is 2.56. The molecule has 1 rings (SSSR count). The van der Waals surface area contributed by atoms with Crippen molar-refractivity contribution >= 4 is 5.96 Å². The highest BCUT2D eigenvalue weighted by molar-refractivity contribution is 5.79. The van der Waals surface area contributed by atoms with Crippen molar-refractivity contribution in [3.8, 4) is 5.75 Å². The summed E-state index contributed by atoms with van der Waals surface area (Å²) in [5.74, 6) is 2.34. The summed E-state index contributed by atoms with van der Waals surface area (Å²) in [6.45, 7) is 7.59. The Bertz CT molecular complexity index is 461. The Hall–Kier alpha value is -1.75. The molecule has 1 aromatic rings. The molecule has 0 unspecified atom stereocenters. The Morgan fingerprint density at radius 1 is 1.17 bits per heavy atom. The van der Waals surface area contributed by atoms with Crippen molar-refractivity contribution in [3.63, 3.8) is 0 Å². The first-order chi connectivity index (χ1) is 11.2. The summed E-state index contributed by atoms with van der Waals surface area (Å²) in [5, 5.41) is 6.62. The molecule has 0 fully saturated rings. The molecule has 130 valence electrons. The number of ether oxygens (including phenoxy) is 2. The van der Waals surface area contributed by atoms with Crippen LogP contribution < -0.4 is 15.4 Å². The molecule has 1 aromatic carbocycles. The van der Waals surface area contributed by atoms with Gasteiger partial charge in [-0.3, -0.25) is 4.99 Å². The van der Waals surface area contributed by atoms with Crippen molar-refractivity contribution in [3.05, 3.63) is 29.8 Å². The van der Waals surface area contributed by atoms with Crippen molar-refractivity contribution in [1.29, 1.82) is 0 Å². The number of hydrogen-bond acceptors (Lipinski definition) is 3. The van der Waals surface area contributed by atoms with Crippen LogP contribution in [0.1, 0.15) is 25.8 Å². The van der Waals surface area contributed by atoms with Crippen molar-refractivity contribution in [2.24, 2.45) is 10.9 Å². The molecule has 0 aromatic heterocycles. The lowest BCUT2D eigenvalue weighted by Crippen LogP contribution is -2.39. The van der Waals surface area contributed by atoms with Crippen LogP contribution in [0.5, 0.6) is 5.75 Å². The summed E-state index contributed by atoms with van der Waals surface area (Å²) in [6.07, 6.45) is 1.86. The maximum absolute atomic E-state index is 5.56. The summed E-state index contributed by atoms with van der Waals surface area (Å²) in [6, 6.07) is 8.09. The molecule has 0 bridgehead atoms. The van der Waals surface area contributed by atoms with E-state index in [4.69, 9.17) is 9.47 Å². The van der Waals surface area contributed by atoms with E-state index in [0.717, 1.165) is 50.9 Å². The maximum atomic E-state index is 5.56. The van der Waals surface area contributed by atoms with Crippen LogP contribution in [-0.2, 0) is 11.2 Å². The van der Waals surface area contributed by atoms with E-state index in [1.165, 1.54) is 5.56 Å². The highest BCUT2D eigenvalue weighted by atomic mass is 16.5. The van der Waals surface area contributed by atoms with Gasteiger partial charge in [-0.2, -0.15) is 0 Å². The lowest BCUT2D eigenvalue weighted by atomic mass is 10.1. The lowest BCUT2D eigenvalue weighted by Gasteiger charge is -2.13. The molecule has 5 heteroatoms. The van der Waals surface area contributed by atoms with Gasteiger partial charge in [0, 0.05) is 33.4 Å². The predicted octanol–water partition coefficient (Wildman–Crippen LogP) is 2.47. The molecule has 0 aliphatic rings. The Kier molecular flexibility index (Phi) is 9.87. The maximum Gasteiger partial charge on any atom is 0.190 e. The van der Waals surface area contributed by atoms with Crippen LogP contribution >= 0.6 is 0 Å². The molecule has 23 heavy (non-hydrogen) atoms. The van der Waals surface area contributed by atoms with Gasteiger partial charge in [-0.25, -0.2) is 0 Å². The summed E-state index contributed by atoms with van der Waals surface area (Å²) in [5.41, 5.74) is 1.19. The number of rotatable bonds is 10. The standard InChI is InChI=1S/C18H31N3O2/c1-15(2)14-23-13-7-11-20-18(19-3)21-12-10-16-8-5-6-9-17(16)22-4/h5-6,8-9,15H,7,10-14H2,1-4H3,(H2,19,20,21). The molecule has 5 nitrogen and oxygen atoms in total. The van der Waals surface area contributed by atoms with Crippen LogP contribution in [0.3, 0.4) is 0 Å². The highest BCUT2D eigenvalue weighted by Crippen LogP contribution is 2.17. The second-order valence-electron chi connectivity index (χ2n) is 5.81. The molecule has 0 aliphatic heterocycles. The van der Waals surface area contributed by atoms with Gasteiger partial charge >= 0.3 is 0 Å². The largest absolute Gasteiger partial charge is 0.496 e. The molecule has 0 amide bonds. The summed E-state index contributed by atoms with van der Waals surface area (Å²) in [4.78, 5) is 4.23. The third-order valence-corrected chi connectivity index (χ3v) is 3.31. The van der Waals surface area contributed by atoms with Gasteiger partial charge in [0.05, 0.1) is 7.11 Å². The third-order valence-electron chi connectivity index (χ3n) is 3.31. The van der Waals surface area contributed by atoms with Crippen LogP contribution in [-0.4, -0.2) is 46.4 Å². The zero-order valence-corrected chi connectivity index (χ0v) is 14.9. The summed E-state index contributed by atoms with van der Waals surface area (Å²) in [7, 11) is 3.49. The topological polar surface area (TPSA) is 54.9 Å². The molecular formula is C18H31N3O2. The average molecular weight is 321 g/mol. The fourth-order valence-corrected chi connectivity index (χ4v) is 2.15. The molecule has 0 atom stereocenters. The van der Waals surface area contributed by atoms with Crippen LogP contribution in [0.25, 0.3) is 0 Å². The van der Waals surface area contributed by atoms with E-state index in [-0.39, 0.29) is 0 Å². The van der Waals surface area contributed by atoms with Crippen molar-refractivity contribution < 1.29 is 9.47 Å². The van der Waals surface area contributed by atoms with Gasteiger partial charge in [0.1, 0.15) is 5.75 Å². The molecule has 0 saturated heterocycles. The Morgan fingerprint density at radius 3 is 2.61 bits per heavy atom. The van der Waals surface area contributed by atoms with E-state index in [0.29, 0.717) is 5.92 Å². The van der Waals surface area contributed by atoms with Crippen LogP contribution in [0.15, 0.2) is 29.3 Å². The Morgan fingerprint density at radius 2 is 1.91 bits per heavy atom. The molecule has 0 radical (unpaired) electrons. The van der Waals surface area contributed by atoms with E-state index >= 15 is 0 Å². The van der Waals surface area contributed by atoms with Crippen molar-refractivity contribution in [2.45, 2.75) is 26.7 Å². The van der Waals surface area contributed by atoms with Gasteiger partial charge in [-0.05, 0) is 30.4 Å². The van der Waals surface area contributed by atoms with E-state index in [1.807, 2.05) is 18.2 Å².